The van der Waals surface area contributed by atoms with Crippen molar-refractivity contribution >= 4 is 15.9 Å². The lowest BCUT2D eigenvalue weighted by molar-refractivity contribution is 0.300. The lowest BCUT2D eigenvalue weighted by Gasteiger charge is -2.27. The van der Waals surface area contributed by atoms with Gasteiger partial charge in [0.1, 0.15) is 5.82 Å². The van der Waals surface area contributed by atoms with E-state index in [2.05, 4.69) is 42.0 Å². The first kappa shape index (κ1) is 14.7. The number of nitrogens with one attached hydrogen (secondary N) is 1. The van der Waals surface area contributed by atoms with Gasteiger partial charge in [0.25, 0.3) is 0 Å². The smallest absolute Gasteiger partial charge is 0.137 e. The molecule has 0 aliphatic rings. The van der Waals surface area contributed by atoms with E-state index in [4.69, 9.17) is 0 Å². The standard InChI is InChI=1S/C14H21BrFN/c1-9(2)12(10(3)17-4)7-11-5-6-14(16)13(15)8-11/h5-6,8-10,12,17H,7H2,1-4H3. The van der Waals surface area contributed by atoms with E-state index in [1.165, 1.54) is 11.6 Å². The second-order valence-corrected chi connectivity index (χ2v) is 5.79. The lowest BCUT2D eigenvalue weighted by atomic mass is 9.84. The Kier molecular flexibility index (Phi) is 5.60. The molecule has 1 aromatic rings. The predicted octanol–water partition coefficient (Wildman–Crippen LogP) is 4.01. The molecule has 0 fully saturated rings. The summed E-state index contributed by atoms with van der Waals surface area (Å²) in [5, 5.41) is 3.31. The van der Waals surface area contributed by atoms with E-state index < -0.39 is 0 Å². The molecular formula is C14H21BrFN. The van der Waals surface area contributed by atoms with Gasteiger partial charge in [-0.3, -0.25) is 0 Å². The van der Waals surface area contributed by atoms with Crippen molar-refractivity contribution < 1.29 is 4.39 Å². The van der Waals surface area contributed by atoms with Crippen molar-refractivity contribution in [1.29, 1.82) is 0 Å². The Morgan fingerprint density at radius 3 is 2.41 bits per heavy atom. The third-order valence-corrected chi connectivity index (χ3v) is 4.02. The molecule has 1 nitrogen and oxygen atoms in total. The van der Waals surface area contributed by atoms with E-state index in [0.717, 1.165) is 6.42 Å². The number of rotatable bonds is 5. The largest absolute Gasteiger partial charge is 0.317 e. The normalized spacial score (nSPS) is 15.0. The third-order valence-electron chi connectivity index (χ3n) is 3.41. The van der Waals surface area contributed by atoms with Gasteiger partial charge >= 0.3 is 0 Å². The molecule has 0 saturated heterocycles. The maximum absolute atomic E-state index is 13.2. The summed E-state index contributed by atoms with van der Waals surface area (Å²) in [5.41, 5.74) is 1.18. The van der Waals surface area contributed by atoms with Crippen molar-refractivity contribution in [1.82, 2.24) is 5.32 Å². The molecule has 1 aromatic carbocycles. The van der Waals surface area contributed by atoms with E-state index in [-0.39, 0.29) is 5.82 Å². The van der Waals surface area contributed by atoms with E-state index in [0.29, 0.717) is 22.4 Å². The summed E-state index contributed by atoms with van der Waals surface area (Å²) in [6, 6.07) is 5.74. The highest BCUT2D eigenvalue weighted by Gasteiger charge is 2.20. The van der Waals surface area contributed by atoms with Gasteiger partial charge in [-0.15, -0.1) is 0 Å². The zero-order valence-corrected chi connectivity index (χ0v) is 12.5. The fourth-order valence-electron chi connectivity index (χ4n) is 2.14. The summed E-state index contributed by atoms with van der Waals surface area (Å²) in [6.07, 6.45) is 0.971. The Morgan fingerprint density at radius 2 is 1.94 bits per heavy atom. The van der Waals surface area contributed by atoms with Crippen LogP contribution < -0.4 is 5.32 Å². The van der Waals surface area contributed by atoms with Crippen LogP contribution in [0.5, 0.6) is 0 Å². The second-order valence-electron chi connectivity index (χ2n) is 4.94. The lowest BCUT2D eigenvalue weighted by Crippen LogP contribution is -2.35. The van der Waals surface area contributed by atoms with Gasteiger partial charge in [0.2, 0.25) is 0 Å². The molecule has 0 aliphatic heterocycles. The average Bonchev–Trinajstić information content (AvgIpc) is 2.29. The van der Waals surface area contributed by atoms with Crippen LogP contribution in [0.3, 0.4) is 0 Å². The van der Waals surface area contributed by atoms with Crippen LogP contribution in [0.2, 0.25) is 0 Å². The number of benzene rings is 1. The fraction of sp³-hybridized carbons (Fsp3) is 0.571. The van der Waals surface area contributed by atoms with E-state index in [1.54, 1.807) is 0 Å². The molecule has 0 spiro atoms. The van der Waals surface area contributed by atoms with Crippen molar-refractivity contribution in [3.8, 4) is 0 Å². The summed E-state index contributed by atoms with van der Waals surface area (Å²) in [7, 11) is 1.99. The molecule has 3 heteroatoms. The van der Waals surface area contributed by atoms with E-state index in [9.17, 15) is 4.39 Å². The summed E-state index contributed by atoms with van der Waals surface area (Å²) in [4.78, 5) is 0. The fourth-order valence-corrected chi connectivity index (χ4v) is 2.57. The molecular weight excluding hydrogens is 281 g/mol. The van der Waals surface area contributed by atoms with Crippen LogP contribution in [0.4, 0.5) is 4.39 Å². The molecule has 0 heterocycles. The highest BCUT2D eigenvalue weighted by atomic mass is 79.9. The zero-order valence-electron chi connectivity index (χ0n) is 10.9. The zero-order chi connectivity index (χ0) is 13.0. The monoisotopic (exact) mass is 301 g/mol. The van der Waals surface area contributed by atoms with E-state index in [1.807, 2.05) is 19.2 Å². The summed E-state index contributed by atoms with van der Waals surface area (Å²) < 4.78 is 13.7. The van der Waals surface area contributed by atoms with Crippen molar-refractivity contribution in [3.05, 3.63) is 34.1 Å². The van der Waals surface area contributed by atoms with Gasteiger partial charge in [0.15, 0.2) is 0 Å². The Bertz CT molecular complexity index is 365. The van der Waals surface area contributed by atoms with E-state index >= 15 is 0 Å². The maximum Gasteiger partial charge on any atom is 0.137 e. The van der Waals surface area contributed by atoms with Crippen molar-refractivity contribution in [2.24, 2.45) is 11.8 Å². The Labute approximate surface area is 112 Å². The molecule has 1 rings (SSSR count). The van der Waals surface area contributed by atoms with Gasteiger partial charge in [-0.1, -0.05) is 19.9 Å². The minimum absolute atomic E-state index is 0.198. The highest BCUT2D eigenvalue weighted by molar-refractivity contribution is 9.10. The van der Waals surface area contributed by atoms with Crippen molar-refractivity contribution in [2.45, 2.75) is 33.2 Å². The van der Waals surface area contributed by atoms with Crippen LogP contribution in [0, 0.1) is 17.7 Å². The van der Waals surface area contributed by atoms with Crippen molar-refractivity contribution in [3.63, 3.8) is 0 Å². The molecule has 0 amide bonds. The van der Waals surface area contributed by atoms with Gasteiger partial charge < -0.3 is 5.32 Å². The van der Waals surface area contributed by atoms with Gasteiger partial charge in [-0.2, -0.15) is 0 Å². The quantitative estimate of drug-likeness (QED) is 0.866. The molecule has 17 heavy (non-hydrogen) atoms. The molecule has 2 atom stereocenters. The Balaban J connectivity index is 2.82. The minimum Gasteiger partial charge on any atom is -0.317 e. The topological polar surface area (TPSA) is 12.0 Å². The van der Waals surface area contributed by atoms with Crippen molar-refractivity contribution in [2.75, 3.05) is 7.05 Å². The number of hydrogen-bond donors (Lipinski definition) is 1. The predicted molar refractivity (Wildman–Crippen MR) is 74.7 cm³/mol. The van der Waals surface area contributed by atoms with Crippen LogP contribution in [-0.4, -0.2) is 13.1 Å². The van der Waals surface area contributed by atoms with Crippen LogP contribution in [0.15, 0.2) is 22.7 Å². The average molecular weight is 302 g/mol. The molecule has 0 saturated carbocycles. The van der Waals surface area contributed by atoms with Gasteiger partial charge in [-0.25, -0.2) is 4.39 Å². The molecule has 1 N–H and O–H groups in total. The molecule has 0 bridgehead atoms. The first-order chi connectivity index (χ1) is 7.95. The summed E-state index contributed by atoms with van der Waals surface area (Å²) in [6.45, 7) is 6.66. The summed E-state index contributed by atoms with van der Waals surface area (Å²) in [5.74, 6) is 0.954. The van der Waals surface area contributed by atoms with Crippen LogP contribution in [0.25, 0.3) is 0 Å². The Morgan fingerprint density at radius 1 is 1.29 bits per heavy atom. The third kappa shape index (κ3) is 4.07. The Hall–Kier alpha value is -0.410. The first-order valence-electron chi connectivity index (χ1n) is 6.07. The highest BCUT2D eigenvalue weighted by Crippen LogP contribution is 2.24. The number of hydrogen-bond acceptors (Lipinski definition) is 1. The maximum atomic E-state index is 13.2. The second kappa shape index (κ2) is 6.50. The minimum atomic E-state index is -0.198. The molecule has 0 aromatic heterocycles. The molecule has 0 aliphatic carbocycles. The van der Waals surface area contributed by atoms with Crippen LogP contribution in [-0.2, 0) is 6.42 Å². The first-order valence-corrected chi connectivity index (χ1v) is 6.86. The van der Waals surface area contributed by atoms with Gasteiger partial charge in [0.05, 0.1) is 4.47 Å². The molecule has 96 valence electrons. The van der Waals surface area contributed by atoms with Crippen LogP contribution >= 0.6 is 15.9 Å². The summed E-state index contributed by atoms with van der Waals surface area (Å²) >= 11 is 3.24. The van der Waals surface area contributed by atoms with Gasteiger partial charge in [-0.05, 0) is 65.9 Å². The number of halogens is 2. The molecule has 0 radical (unpaired) electrons. The SMILES string of the molecule is CNC(C)C(Cc1ccc(F)c(Br)c1)C(C)C. The van der Waals surface area contributed by atoms with Crippen LogP contribution in [0.1, 0.15) is 26.3 Å². The van der Waals surface area contributed by atoms with Gasteiger partial charge in [0, 0.05) is 6.04 Å². The molecule has 2 unspecified atom stereocenters.